The van der Waals surface area contributed by atoms with Crippen LogP contribution >= 0.6 is 0 Å². The van der Waals surface area contributed by atoms with E-state index < -0.39 is 0 Å². The lowest BCUT2D eigenvalue weighted by Crippen LogP contribution is -1.98. The van der Waals surface area contributed by atoms with Crippen LogP contribution in [0.3, 0.4) is 0 Å². The minimum Gasteiger partial charge on any atom is -0.381 e. The zero-order valence-corrected chi connectivity index (χ0v) is 13.2. The van der Waals surface area contributed by atoms with Gasteiger partial charge in [0.05, 0.1) is 0 Å². The summed E-state index contributed by atoms with van der Waals surface area (Å²) in [6.45, 7) is 0.855. The van der Waals surface area contributed by atoms with Crippen LogP contribution in [0, 0.1) is 0 Å². The number of rotatable bonds is 6. The second-order valence-electron chi connectivity index (χ2n) is 5.55. The van der Waals surface area contributed by atoms with Crippen molar-refractivity contribution in [2.45, 2.75) is 13.0 Å². The largest absolute Gasteiger partial charge is 0.381 e. The van der Waals surface area contributed by atoms with Gasteiger partial charge in [-0.1, -0.05) is 84.9 Å². The Hall–Kier alpha value is -2.80. The molecule has 0 atom stereocenters. The summed E-state index contributed by atoms with van der Waals surface area (Å²) in [7, 11) is 0. The van der Waals surface area contributed by atoms with E-state index in [0.717, 1.165) is 18.7 Å². The average molecular weight is 299 g/mol. The second-order valence-corrected chi connectivity index (χ2v) is 5.55. The first-order valence-electron chi connectivity index (χ1n) is 7.98. The minimum absolute atomic E-state index is 0.855. The first-order chi connectivity index (χ1) is 11.4. The Morgan fingerprint density at radius 1 is 0.652 bits per heavy atom. The Labute approximate surface area is 138 Å². The normalized spacial score (nSPS) is 10.8. The summed E-state index contributed by atoms with van der Waals surface area (Å²) >= 11 is 0. The maximum absolute atomic E-state index is 3.45. The second kappa shape index (κ2) is 8.00. The Bertz CT molecular complexity index is 728. The van der Waals surface area contributed by atoms with Crippen molar-refractivity contribution in [3.05, 3.63) is 108 Å². The quantitative estimate of drug-likeness (QED) is 0.629. The molecular weight excluding hydrogens is 278 g/mol. The Balaban J connectivity index is 1.52. The fourth-order valence-corrected chi connectivity index (χ4v) is 2.45. The van der Waals surface area contributed by atoms with E-state index in [4.69, 9.17) is 0 Å². The molecule has 0 spiro atoms. The SMILES string of the molecule is C(=C\c1ccccc1)/Cc1ccc(NCc2ccccc2)cc1. The van der Waals surface area contributed by atoms with E-state index in [2.05, 4.69) is 90.3 Å². The van der Waals surface area contributed by atoms with Gasteiger partial charge in [-0.05, 0) is 35.2 Å². The minimum atomic E-state index is 0.855. The standard InChI is InChI=1S/C22H21N/c1-3-8-19(9-4-1)12-7-13-20-14-16-22(17-15-20)23-18-21-10-5-2-6-11-21/h1-12,14-17,23H,13,18H2/b12-7+. The van der Waals surface area contributed by atoms with E-state index in [1.165, 1.54) is 16.7 Å². The monoisotopic (exact) mass is 299 g/mol. The number of allylic oxidation sites excluding steroid dienone is 1. The highest BCUT2D eigenvalue weighted by atomic mass is 14.9. The zero-order valence-electron chi connectivity index (χ0n) is 13.2. The predicted molar refractivity (Wildman–Crippen MR) is 99.4 cm³/mol. The van der Waals surface area contributed by atoms with E-state index in [-0.39, 0.29) is 0 Å². The third kappa shape index (κ3) is 4.86. The van der Waals surface area contributed by atoms with Crippen LogP contribution in [0.15, 0.2) is 91.0 Å². The molecule has 0 aliphatic rings. The number of benzene rings is 3. The molecule has 0 fully saturated rings. The summed E-state index contributed by atoms with van der Waals surface area (Å²) in [4.78, 5) is 0. The first-order valence-corrected chi connectivity index (χ1v) is 7.98. The molecule has 1 N–H and O–H groups in total. The van der Waals surface area contributed by atoms with Crippen molar-refractivity contribution in [2.75, 3.05) is 5.32 Å². The molecule has 3 aromatic rings. The molecule has 0 aliphatic carbocycles. The van der Waals surface area contributed by atoms with Crippen molar-refractivity contribution in [1.29, 1.82) is 0 Å². The molecule has 0 saturated carbocycles. The van der Waals surface area contributed by atoms with E-state index in [1.54, 1.807) is 0 Å². The van der Waals surface area contributed by atoms with Crippen LogP contribution in [0.25, 0.3) is 6.08 Å². The topological polar surface area (TPSA) is 12.0 Å². The fourth-order valence-electron chi connectivity index (χ4n) is 2.45. The number of anilines is 1. The molecule has 0 radical (unpaired) electrons. The van der Waals surface area contributed by atoms with E-state index in [1.807, 2.05) is 12.1 Å². The molecule has 0 aromatic heterocycles. The van der Waals surface area contributed by atoms with Gasteiger partial charge in [-0.3, -0.25) is 0 Å². The van der Waals surface area contributed by atoms with Crippen LogP contribution in [-0.4, -0.2) is 0 Å². The van der Waals surface area contributed by atoms with Gasteiger partial charge in [0.25, 0.3) is 0 Å². The van der Waals surface area contributed by atoms with Gasteiger partial charge in [-0.25, -0.2) is 0 Å². The van der Waals surface area contributed by atoms with Crippen LogP contribution in [0.1, 0.15) is 16.7 Å². The number of nitrogens with one attached hydrogen (secondary N) is 1. The molecule has 0 bridgehead atoms. The highest BCUT2D eigenvalue weighted by molar-refractivity contribution is 5.50. The van der Waals surface area contributed by atoms with Gasteiger partial charge in [0, 0.05) is 12.2 Å². The molecule has 3 aromatic carbocycles. The number of hydrogen-bond acceptors (Lipinski definition) is 1. The predicted octanol–water partition coefficient (Wildman–Crippen LogP) is 5.55. The van der Waals surface area contributed by atoms with Gasteiger partial charge in [0.1, 0.15) is 0 Å². The summed E-state index contributed by atoms with van der Waals surface area (Å²) in [5.41, 5.74) is 5.02. The molecule has 0 unspecified atom stereocenters. The van der Waals surface area contributed by atoms with Gasteiger partial charge >= 0.3 is 0 Å². The van der Waals surface area contributed by atoms with Crippen LogP contribution in [0.4, 0.5) is 5.69 Å². The van der Waals surface area contributed by atoms with Crippen LogP contribution < -0.4 is 5.32 Å². The highest BCUT2D eigenvalue weighted by Gasteiger charge is 1.95. The molecule has 0 heterocycles. The van der Waals surface area contributed by atoms with Crippen molar-refractivity contribution >= 4 is 11.8 Å². The van der Waals surface area contributed by atoms with Crippen molar-refractivity contribution in [3.63, 3.8) is 0 Å². The lowest BCUT2D eigenvalue weighted by molar-refractivity contribution is 1.15. The van der Waals surface area contributed by atoms with E-state index >= 15 is 0 Å². The van der Waals surface area contributed by atoms with Crippen LogP contribution in [0.5, 0.6) is 0 Å². The Morgan fingerprint density at radius 3 is 2.00 bits per heavy atom. The third-order valence-corrected chi connectivity index (χ3v) is 3.76. The van der Waals surface area contributed by atoms with Crippen molar-refractivity contribution in [1.82, 2.24) is 0 Å². The molecule has 0 saturated heterocycles. The Kier molecular flexibility index (Phi) is 5.25. The van der Waals surface area contributed by atoms with Crippen molar-refractivity contribution in [2.24, 2.45) is 0 Å². The van der Waals surface area contributed by atoms with Crippen molar-refractivity contribution < 1.29 is 0 Å². The molecule has 0 amide bonds. The molecule has 23 heavy (non-hydrogen) atoms. The molecule has 1 nitrogen and oxygen atoms in total. The summed E-state index contributed by atoms with van der Waals surface area (Å²) in [5, 5.41) is 3.45. The third-order valence-electron chi connectivity index (χ3n) is 3.76. The maximum atomic E-state index is 3.45. The molecule has 0 aliphatic heterocycles. The average Bonchev–Trinajstić information content (AvgIpc) is 2.63. The van der Waals surface area contributed by atoms with Crippen LogP contribution in [-0.2, 0) is 13.0 Å². The molecule has 114 valence electrons. The molecule has 1 heteroatoms. The van der Waals surface area contributed by atoms with Gasteiger partial charge in [0.15, 0.2) is 0 Å². The fraction of sp³-hybridized carbons (Fsp3) is 0.0909. The van der Waals surface area contributed by atoms with E-state index in [9.17, 15) is 0 Å². The van der Waals surface area contributed by atoms with Crippen molar-refractivity contribution in [3.8, 4) is 0 Å². The summed E-state index contributed by atoms with van der Waals surface area (Å²) < 4.78 is 0. The van der Waals surface area contributed by atoms with E-state index in [0.29, 0.717) is 0 Å². The van der Waals surface area contributed by atoms with Gasteiger partial charge in [-0.15, -0.1) is 0 Å². The highest BCUT2D eigenvalue weighted by Crippen LogP contribution is 2.12. The lowest BCUT2D eigenvalue weighted by atomic mass is 10.1. The number of hydrogen-bond donors (Lipinski definition) is 1. The smallest absolute Gasteiger partial charge is 0.0400 e. The van der Waals surface area contributed by atoms with Crippen LogP contribution in [0.2, 0.25) is 0 Å². The summed E-state index contributed by atoms with van der Waals surface area (Å²) in [5.74, 6) is 0. The maximum Gasteiger partial charge on any atom is 0.0400 e. The molecule has 3 rings (SSSR count). The summed E-state index contributed by atoms with van der Waals surface area (Å²) in [6.07, 6.45) is 5.33. The lowest BCUT2D eigenvalue weighted by Gasteiger charge is -2.07. The zero-order chi connectivity index (χ0) is 15.7. The van der Waals surface area contributed by atoms with Gasteiger partial charge < -0.3 is 5.32 Å². The van der Waals surface area contributed by atoms with Gasteiger partial charge in [0.2, 0.25) is 0 Å². The molecular formula is C22H21N. The Morgan fingerprint density at radius 2 is 1.30 bits per heavy atom. The summed E-state index contributed by atoms with van der Waals surface area (Å²) in [6, 6.07) is 29.5. The van der Waals surface area contributed by atoms with Gasteiger partial charge in [-0.2, -0.15) is 0 Å². The first kappa shape index (κ1) is 15.1.